The molecule has 1 aliphatic rings. The van der Waals surface area contributed by atoms with Crippen LogP contribution < -0.4 is 16.4 Å². The quantitative estimate of drug-likeness (QED) is 0.367. The molecule has 1 fully saturated rings. The van der Waals surface area contributed by atoms with Crippen LogP contribution in [0.25, 0.3) is 0 Å². The van der Waals surface area contributed by atoms with Crippen LogP contribution in [0.1, 0.15) is 56.1 Å². The lowest BCUT2D eigenvalue weighted by Gasteiger charge is -2.25. The molecule has 0 bridgehead atoms. The number of rotatable bonds is 11. The van der Waals surface area contributed by atoms with Crippen molar-refractivity contribution in [3.8, 4) is 0 Å². The van der Waals surface area contributed by atoms with Crippen molar-refractivity contribution in [1.82, 2.24) is 20.4 Å². The maximum Gasteiger partial charge on any atom is 0.309 e. The molecule has 0 atom stereocenters. The van der Waals surface area contributed by atoms with E-state index in [9.17, 15) is 9.59 Å². The summed E-state index contributed by atoms with van der Waals surface area (Å²) < 4.78 is 0. The van der Waals surface area contributed by atoms with E-state index in [2.05, 4.69) is 26.5 Å². The molecule has 2 rings (SSSR count). The Balaban J connectivity index is 1.73. The highest BCUT2D eigenvalue weighted by molar-refractivity contribution is 6.35. The van der Waals surface area contributed by atoms with E-state index in [0.29, 0.717) is 19.6 Å². The van der Waals surface area contributed by atoms with Crippen LogP contribution in [0.3, 0.4) is 0 Å². The van der Waals surface area contributed by atoms with Gasteiger partial charge in [-0.15, -0.1) is 0 Å². The zero-order chi connectivity index (χ0) is 22.3. The standard InChI is InChI=1S/C24H41N5O2/c1-28(15-9-13-25)16-10-14-26-23(30)24(31)27-19-21-11-5-6-12-22(21)20-29-17-7-3-2-4-8-18-29/h5-6,11-12H,2-4,7-10,13-20,25H2,1H3,(H,26,30)(H,27,31). The molecule has 31 heavy (non-hydrogen) atoms. The van der Waals surface area contributed by atoms with Crippen LogP contribution in [-0.4, -0.2) is 67.9 Å². The Hall–Kier alpha value is -1.96. The Morgan fingerprint density at radius 3 is 2.26 bits per heavy atom. The van der Waals surface area contributed by atoms with Gasteiger partial charge in [-0.05, 0) is 76.6 Å². The largest absolute Gasteiger partial charge is 0.348 e. The van der Waals surface area contributed by atoms with Gasteiger partial charge < -0.3 is 21.3 Å². The van der Waals surface area contributed by atoms with Gasteiger partial charge in [-0.2, -0.15) is 0 Å². The van der Waals surface area contributed by atoms with E-state index < -0.39 is 11.8 Å². The molecule has 0 saturated carbocycles. The minimum Gasteiger partial charge on any atom is -0.348 e. The Kier molecular flexibility index (Phi) is 12.2. The summed E-state index contributed by atoms with van der Waals surface area (Å²) in [4.78, 5) is 29.0. The molecular weight excluding hydrogens is 390 g/mol. The maximum atomic E-state index is 12.2. The van der Waals surface area contributed by atoms with Crippen molar-refractivity contribution < 1.29 is 9.59 Å². The Morgan fingerprint density at radius 2 is 1.55 bits per heavy atom. The van der Waals surface area contributed by atoms with Crippen molar-refractivity contribution in [3.63, 3.8) is 0 Å². The first-order valence-corrected chi connectivity index (χ1v) is 11.8. The van der Waals surface area contributed by atoms with Gasteiger partial charge in [0, 0.05) is 19.6 Å². The first-order valence-electron chi connectivity index (χ1n) is 11.8. The van der Waals surface area contributed by atoms with Gasteiger partial charge in [0.2, 0.25) is 0 Å². The summed E-state index contributed by atoms with van der Waals surface area (Å²) in [6.45, 7) is 6.52. The zero-order valence-corrected chi connectivity index (χ0v) is 19.2. The van der Waals surface area contributed by atoms with Gasteiger partial charge in [0.25, 0.3) is 0 Å². The molecule has 1 saturated heterocycles. The number of likely N-dealkylation sites (tertiary alicyclic amines) is 1. The Bertz CT molecular complexity index is 659. The molecule has 4 N–H and O–H groups in total. The molecule has 7 nitrogen and oxygen atoms in total. The monoisotopic (exact) mass is 431 g/mol. The highest BCUT2D eigenvalue weighted by Gasteiger charge is 2.15. The van der Waals surface area contributed by atoms with Crippen molar-refractivity contribution in [2.75, 3.05) is 46.3 Å². The highest BCUT2D eigenvalue weighted by Crippen LogP contribution is 2.16. The molecule has 0 aromatic heterocycles. The fourth-order valence-corrected chi connectivity index (χ4v) is 3.96. The number of hydrogen-bond donors (Lipinski definition) is 3. The fraction of sp³-hybridized carbons (Fsp3) is 0.667. The predicted octanol–water partition coefficient (Wildman–Crippen LogP) is 1.86. The third kappa shape index (κ3) is 10.3. The molecule has 0 radical (unpaired) electrons. The maximum absolute atomic E-state index is 12.2. The first-order chi connectivity index (χ1) is 15.1. The van der Waals surface area contributed by atoms with E-state index in [-0.39, 0.29) is 0 Å². The number of amides is 2. The number of carbonyl (C=O) groups is 2. The van der Waals surface area contributed by atoms with Gasteiger partial charge in [-0.25, -0.2) is 0 Å². The number of nitrogens with zero attached hydrogens (tertiary/aromatic N) is 2. The van der Waals surface area contributed by atoms with E-state index in [4.69, 9.17) is 5.73 Å². The van der Waals surface area contributed by atoms with Crippen LogP contribution in [0.5, 0.6) is 0 Å². The van der Waals surface area contributed by atoms with Crippen molar-refractivity contribution in [1.29, 1.82) is 0 Å². The molecule has 1 aromatic rings. The zero-order valence-electron chi connectivity index (χ0n) is 19.2. The molecule has 0 aliphatic carbocycles. The predicted molar refractivity (Wildman–Crippen MR) is 125 cm³/mol. The van der Waals surface area contributed by atoms with Gasteiger partial charge in [-0.3, -0.25) is 14.5 Å². The molecule has 0 unspecified atom stereocenters. The summed E-state index contributed by atoms with van der Waals surface area (Å²) >= 11 is 0. The molecule has 1 aromatic carbocycles. The van der Waals surface area contributed by atoms with Crippen LogP contribution in [0.4, 0.5) is 0 Å². The second kappa shape index (κ2) is 14.9. The van der Waals surface area contributed by atoms with Gasteiger partial charge in [0.1, 0.15) is 0 Å². The molecule has 1 aliphatic heterocycles. The Labute approximate surface area is 187 Å². The third-order valence-corrected chi connectivity index (χ3v) is 5.85. The topological polar surface area (TPSA) is 90.7 Å². The van der Waals surface area contributed by atoms with Crippen LogP contribution >= 0.6 is 0 Å². The summed E-state index contributed by atoms with van der Waals surface area (Å²) in [5.41, 5.74) is 7.82. The average molecular weight is 432 g/mol. The minimum atomic E-state index is -0.572. The third-order valence-electron chi connectivity index (χ3n) is 5.85. The van der Waals surface area contributed by atoms with Gasteiger partial charge >= 0.3 is 11.8 Å². The minimum absolute atomic E-state index is 0.373. The van der Waals surface area contributed by atoms with Crippen molar-refractivity contribution in [2.24, 2.45) is 5.73 Å². The average Bonchev–Trinajstić information content (AvgIpc) is 2.75. The van der Waals surface area contributed by atoms with Crippen molar-refractivity contribution >= 4 is 11.8 Å². The Morgan fingerprint density at radius 1 is 0.935 bits per heavy atom. The van der Waals surface area contributed by atoms with Crippen LogP contribution in [-0.2, 0) is 22.7 Å². The number of carbonyl (C=O) groups excluding carboxylic acids is 2. The lowest BCUT2D eigenvalue weighted by molar-refractivity contribution is -0.139. The second-order valence-electron chi connectivity index (χ2n) is 8.55. The fourth-order valence-electron chi connectivity index (χ4n) is 3.96. The van der Waals surface area contributed by atoms with Gasteiger partial charge in [0.15, 0.2) is 0 Å². The van der Waals surface area contributed by atoms with Crippen LogP contribution in [0, 0.1) is 0 Å². The number of nitrogens with two attached hydrogens (primary N) is 1. The van der Waals surface area contributed by atoms with Crippen molar-refractivity contribution in [3.05, 3.63) is 35.4 Å². The molecular formula is C24H41N5O2. The SMILES string of the molecule is CN(CCCN)CCCNC(=O)C(=O)NCc1ccccc1CN1CCCCCCC1. The number of nitrogens with one attached hydrogen (secondary N) is 2. The summed E-state index contributed by atoms with van der Waals surface area (Å²) in [5.74, 6) is -1.14. The lowest BCUT2D eigenvalue weighted by Crippen LogP contribution is -2.40. The van der Waals surface area contributed by atoms with E-state index >= 15 is 0 Å². The molecule has 2 amide bonds. The van der Waals surface area contributed by atoms with Crippen LogP contribution in [0.2, 0.25) is 0 Å². The molecule has 174 valence electrons. The molecule has 1 heterocycles. The van der Waals surface area contributed by atoms with E-state index in [1.165, 1.54) is 37.7 Å². The normalized spacial score (nSPS) is 15.3. The first kappa shape index (κ1) is 25.3. The van der Waals surface area contributed by atoms with Gasteiger partial charge in [0.05, 0.1) is 0 Å². The molecule has 7 heteroatoms. The van der Waals surface area contributed by atoms with E-state index in [1.54, 1.807) is 0 Å². The molecule has 0 spiro atoms. The smallest absolute Gasteiger partial charge is 0.309 e. The van der Waals surface area contributed by atoms with Crippen molar-refractivity contribution in [2.45, 2.75) is 58.0 Å². The van der Waals surface area contributed by atoms with E-state index in [0.717, 1.165) is 51.1 Å². The summed E-state index contributed by atoms with van der Waals surface area (Å²) in [5, 5.41) is 5.50. The van der Waals surface area contributed by atoms with Crippen LogP contribution in [0.15, 0.2) is 24.3 Å². The number of benzene rings is 1. The van der Waals surface area contributed by atoms with Gasteiger partial charge in [-0.1, -0.05) is 43.5 Å². The summed E-state index contributed by atoms with van der Waals surface area (Å²) in [6.07, 6.45) is 8.25. The summed E-state index contributed by atoms with van der Waals surface area (Å²) in [7, 11) is 2.04. The van der Waals surface area contributed by atoms with E-state index in [1.807, 2.05) is 25.2 Å². The summed E-state index contributed by atoms with van der Waals surface area (Å²) in [6, 6.07) is 8.19. The highest BCUT2D eigenvalue weighted by atomic mass is 16.2. The lowest BCUT2D eigenvalue weighted by atomic mass is 10.0. The number of hydrogen-bond acceptors (Lipinski definition) is 5. The second-order valence-corrected chi connectivity index (χ2v) is 8.55.